The van der Waals surface area contributed by atoms with E-state index < -0.39 is 0 Å². The summed E-state index contributed by atoms with van der Waals surface area (Å²) in [6.45, 7) is 1.92. The van der Waals surface area contributed by atoms with E-state index in [1.807, 2.05) is 6.20 Å². The molecule has 3 rings (SSSR count). The molecule has 1 N–H and O–H groups in total. The fourth-order valence-corrected chi connectivity index (χ4v) is 2.39. The molecular formula is C14H22N2O2. The van der Waals surface area contributed by atoms with E-state index >= 15 is 0 Å². The van der Waals surface area contributed by atoms with Crippen LogP contribution >= 0.6 is 0 Å². The fourth-order valence-electron chi connectivity index (χ4n) is 2.39. The van der Waals surface area contributed by atoms with Gasteiger partial charge in [0.15, 0.2) is 11.7 Å². The Morgan fingerprint density at radius 2 is 2.22 bits per heavy atom. The number of rotatable bonds is 6. The first kappa shape index (κ1) is 12.2. The Morgan fingerprint density at radius 1 is 1.28 bits per heavy atom. The summed E-state index contributed by atoms with van der Waals surface area (Å²) in [5, 5.41) is 3.50. The number of hydrogen-bond acceptors (Lipinski definition) is 4. The van der Waals surface area contributed by atoms with Crippen LogP contribution in [0.2, 0.25) is 0 Å². The molecule has 2 aliphatic rings. The Morgan fingerprint density at radius 3 is 3.00 bits per heavy atom. The van der Waals surface area contributed by atoms with Crippen LogP contribution in [0.15, 0.2) is 10.6 Å². The first-order chi connectivity index (χ1) is 8.92. The van der Waals surface area contributed by atoms with Crippen LogP contribution in [-0.2, 0) is 11.2 Å². The first-order valence-corrected chi connectivity index (χ1v) is 7.21. The van der Waals surface area contributed by atoms with Gasteiger partial charge in [-0.25, -0.2) is 4.98 Å². The molecule has 1 aliphatic heterocycles. The van der Waals surface area contributed by atoms with Crippen molar-refractivity contribution in [1.82, 2.24) is 10.3 Å². The van der Waals surface area contributed by atoms with Crippen molar-refractivity contribution in [3.8, 4) is 0 Å². The number of oxazole rings is 1. The Labute approximate surface area is 108 Å². The van der Waals surface area contributed by atoms with Crippen LogP contribution in [0.1, 0.15) is 56.3 Å². The fraction of sp³-hybridized carbons (Fsp3) is 0.786. The van der Waals surface area contributed by atoms with Crippen molar-refractivity contribution in [2.75, 3.05) is 13.2 Å². The highest BCUT2D eigenvalue weighted by Gasteiger charge is 2.21. The molecule has 1 unspecified atom stereocenters. The topological polar surface area (TPSA) is 47.3 Å². The number of ether oxygens (including phenoxy) is 1. The Hall–Kier alpha value is -0.870. The zero-order valence-electron chi connectivity index (χ0n) is 10.9. The summed E-state index contributed by atoms with van der Waals surface area (Å²) in [7, 11) is 0. The van der Waals surface area contributed by atoms with Gasteiger partial charge in [0.2, 0.25) is 0 Å². The molecule has 0 aromatic carbocycles. The zero-order chi connectivity index (χ0) is 12.2. The third kappa shape index (κ3) is 3.33. The number of nitrogens with zero attached hydrogens (tertiary/aromatic N) is 1. The van der Waals surface area contributed by atoms with Crippen LogP contribution in [0.5, 0.6) is 0 Å². The van der Waals surface area contributed by atoms with E-state index in [4.69, 9.17) is 9.15 Å². The van der Waals surface area contributed by atoms with Gasteiger partial charge in [0.25, 0.3) is 0 Å². The maximum absolute atomic E-state index is 5.78. The van der Waals surface area contributed by atoms with Gasteiger partial charge in [0.1, 0.15) is 6.10 Å². The lowest BCUT2D eigenvalue weighted by Gasteiger charge is -2.19. The number of hydrogen-bond donors (Lipinski definition) is 1. The van der Waals surface area contributed by atoms with E-state index in [0.717, 1.165) is 50.1 Å². The van der Waals surface area contributed by atoms with Gasteiger partial charge in [-0.2, -0.15) is 0 Å². The van der Waals surface area contributed by atoms with Crippen LogP contribution in [0.3, 0.4) is 0 Å². The van der Waals surface area contributed by atoms with Crippen LogP contribution in [0.25, 0.3) is 0 Å². The average molecular weight is 250 g/mol. The number of aryl methyl sites for hydroxylation is 1. The molecule has 1 saturated carbocycles. The standard InChI is InChI=1S/C14H22N2O2/c1-2-9-17-12(4-1)13-10-16-14(18-13)5-3-8-15-11-6-7-11/h10-12,15H,1-9H2. The zero-order valence-corrected chi connectivity index (χ0v) is 10.9. The summed E-state index contributed by atoms with van der Waals surface area (Å²) in [6, 6.07) is 0.792. The van der Waals surface area contributed by atoms with Crippen molar-refractivity contribution in [3.05, 3.63) is 17.8 Å². The molecule has 1 aromatic rings. The Bertz CT molecular complexity index is 368. The third-order valence-electron chi connectivity index (χ3n) is 3.65. The molecule has 100 valence electrons. The molecule has 0 bridgehead atoms. The molecule has 2 heterocycles. The molecule has 0 radical (unpaired) electrons. The second kappa shape index (κ2) is 5.85. The number of aromatic nitrogens is 1. The minimum atomic E-state index is 0.143. The van der Waals surface area contributed by atoms with Crippen molar-refractivity contribution in [2.45, 2.75) is 57.1 Å². The van der Waals surface area contributed by atoms with Crippen LogP contribution in [0, 0.1) is 0 Å². The lowest BCUT2D eigenvalue weighted by molar-refractivity contribution is 0.00127. The third-order valence-corrected chi connectivity index (χ3v) is 3.65. The minimum absolute atomic E-state index is 0.143. The molecular weight excluding hydrogens is 228 g/mol. The molecule has 1 atom stereocenters. The summed E-state index contributed by atoms with van der Waals surface area (Å²) < 4.78 is 11.5. The molecule has 2 fully saturated rings. The minimum Gasteiger partial charge on any atom is -0.443 e. The molecule has 1 saturated heterocycles. The summed E-state index contributed by atoms with van der Waals surface area (Å²) >= 11 is 0. The molecule has 0 spiro atoms. The van der Waals surface area contributed by atoms with Crippen LogP contribution in [-0.4, -0.2) is 24.2 Å². The Kier molecular flexibility index (Phi) is 3.96. The highest BCUT2D eigenvalue weighted by atomic mass is 16.5. The largest absolute Gasteiger partial charge is 0.443 e. The highest BCUT2D eigenvalue weighted by Crippen LogP contribution is 2.28. The monoisotopic (exact) mass is 250 g/mol. The molecule has 4 heteroatoms. The van der Waals surface area contributed by atoms with Crippen LogP contribution < -0.4 is 5.32 Å². The van der Waals surface area contributed by atoms with Gasteiger partial charge >= 0.3 is 0 Å². The summed E-state index contributed by atoms with van der Waals surface area (Å²) in [5.41, 5.74) is 0. The second-order valence-corrected chi connectivity index (χ2v) is 5.34. The van der Waals surface area contributed by atoms with Crippen molar-refractivity contribution >= 4 is 0 Å². The summed E-state index contributed by atoms with van der Waals surface area (Å²) in [6.07, 6.45) is 10.2. The van der Waals surface area contributed by atoms with Crippen molar-refractivity contribution in [2.24, 2.45) is 0 Å². The van der Waals surface area contributed by atoms with Gasteiger partial charge in [-0.05, 0) is 45.1 Å². The van der Waals surface area contributed by atoms with Gasteiger partial charge in [0, 0.05) is 19.1 Å². The van der Waals surface area contributed by atoms with E-state index in [9.17, 15) is 0 Å². The second-order valence-electron chi connectivity index (χ2n) is 5.34. The average Bonchev–Trinajstić information content (AvgIpc) is 3.12. The molecule has 1 aliphatic carbocycles. The predicted octanol–water partition coefficient (Wildman–Crippen LogP) is 2.60. The Balaban J connectivity index is 1.43. The molecule has 4 nitrogen and oxygen atoms in total. The number of nitrogens with one attached hydrogen (secondary N) is 1. The highest BCUT2D eigenvalue weighted by molar-refractivity contribution is 4.99. The molecule has 1 aromatic heterocycles. The van der Waals surface area contributed by atoms with E-state index in [-0.39, 0.29) is 6.10 Å². The molecule has 0 amide bonds. The first-order valence-electron chi connectivity index (χ1n) is 7.21. The van der Waals surface area contributed by atoms with E-state index in [2.05, 4.69) is 10.3 Å². The van der Waals surface area contributed by atoms with Crippen molar-refractivity contribution in [3.63, 3.8) is 0 Å². The van der Waals surface area contributed by atoms with E-state index in [1.54, 1.807) is 0 Å². The lowest BCUT2D eigenvalue weighted by Crippen LogP contribution is -2.17. The van der Waals surface area contributed by atoms with Gasteiger partial charge < -0.3 is 14.5 Å². The van der Waals surface area contributed by atoms with E-state index in [0.29, 0.717) is 0 Å². The smallest absolute Gasteiger partial charge is 0.194 e. The van der Waals surface area contributed by atoms with Gasteiger partial charge in [-0.3, -0.25) is 0 Å². The lowest BCUT2D eigenvalue weighted by atomic mass is 10.1. The SMILES string of the molecule is c1nc(CCCNC2CC2)oc1C1CCCCO1. The predicted molar refractivity (Wildman–Crippen MR) is 68.4 cm³/mol. The maximum atomic E-state index is 5.78. The maximum Gasteiger partial charge on any atom is 0.194 e. The molecule has 18 heavy (non-hydrogen) atoms. The van der Waals surface area contributed by atoms with Gasteiger partial charge in [-0.15, -0.1) is 0 Å². The van der Waals surface area contributed by atoms with Gasteiger partial charge in [-0.1, -0.05) is 0 Å². The van der Waals surface area contributed by atoms with E-state index in [1.165, 1.54) is 25.7 Å². The summed E-state index contributed by atoms with van der Waals surface area (Å²) in [5.74, 6) is 1.77. The summed E-state index contributed by atoms with van der Waals surface area (Å²) in [4.78, 5) is 4.35. The van der Waals surface area contributed by atoms with Crippen molar-refractivity contribution < 1.29 is 9.15 Å². The van der Waals surface area contributed by atoms with Gasteiger partial charge in [0.05, 0.1) is 6.20 Å². The normalized spacial score (nSPS) is 24.3. The van der Waals surface area contributed by atoms with Crippen molar-refractivity contribution in [1.29, 1.82) is 0 Å². The van der Waals surface area contributed by atoms with Crippen LogP contribution in [0.4, 0.5) is 0 Å². The quantitative estimate of drug-likeness (QED) is 0.788.